The van der Waals surface area contributed by atoms with Gasteiger partial charge in [0.1, 0.15) is 5.78 Å². The fourth-order valence-electron chi connectivity index (χ4n) is 12.1. The van der Waals surface area contributed by atoms with Crippen molar-refractivity contribution in [3.63, 3.8) is 0 Å². The van der Waals surface area contributed by atoms with E-state index in [0.29, 0.717) is 30.5 Å². The van der Waals surface area contributed by atoms with E-state index in [1.165, 1.54) is 13.2 Å². The van der Waals surface area contributed by atoms with Gasteiger partial charge in [-0.2, -0.15) is 0 Å². The van der Waals surface area contributed by atoms with Crippen molar-refractivity contribution in [2.75, 3.05) is 13.7 Å². The van der Waals surface area contributed by atoms with Crippen molar-refractivity contribution in [2.24, 2.45) is 29.1 Å². The summed E-state index contributed by atoms with van der Waals surface area (Å²) >= 11 is 0. The van der Waals surface area contributed by atoms with Gasteiger partial charge in [-0.05, 0) is 83.7 Å². The number of phenolic OH excluding ortho intramolecular Hbond substituents is 3. The van der Waals surface area contributed by atoms with Gasteiger partial charge in [0, 0.05) is 59.4 Å². The van der Waals surface area contributed by atoms with Crippen LogP contribution >= 0.6 is 0 Å². The van der Waals surface area contributed by atoms with E-state index >= 15 is 0 Å². The van der Waals surface area contributed by atoms with Gasteiger partial charge in [0.2, 0.25) is 0 Å². The second-order valence-corrected chi connectivity index (χ2v) is 16.2. The van der Waals surface area contributed by atoms with E-state index in [1.807, 2.05) is 24.3 Å². The van der Waals surface area contributed by atoms with E-state index in [2.05, 4.69) is 47.5 Å². The Morgan fingerprint density at radius 3 is 2.58 bits per heavy atom. The lowest BCUT2D eigenvalue weighted by atomic mass is 9.29. The normalized spacial score (nSPS) is 36.5. The number of piperidine rings is 1. The van der Waals surface area contributed by atoms with Crippen molar-refractivity contribution in [3.8, 4) is 34.8 Å². The molecule has 268 valence electrons. The lowest BCUT2D eigenvalue weighted by Gasteiger charge is -2.78. The highest BCUT2D eigenvalue weighted by atomic mass is 16.5. The number of carbonyl (C=O) groups excluding carboxylic acids is 1. The Balaban J connectivity index is 1.28. The zero-order chi connectivity index (χ0) is 36.0. The second-order valence-electron chi connectivity index (χ2n) is 16.2. The number of fused-ring (bicyclic) bond motifs is 1. The molecule has 1 aliphatic heterocycles. The van der Waals surface area contributed by atoms with Crippen LogP contribution in [-0.2, 0) is 23.2 Å². The van der Waals surface area contributed by atoms with Crippen molar-refractivity contribution in [1.29, 1.82) is 0 Å². The zero-order valence-corrected chi connectivity index (χ0v) is 29.3. The molecule has 1 heterocycles. The SMILES string of the molecule is COc1cc([C@H]2CC(=O)C[C@@]3(O)C[C@@H]4C=C[C@]56C=Cc7cc(O)c(O)cc7[C@]57[C@H]3[C@H](C#C[C@H]2Cc2ccccc2)CN[C@]47CCC6)c(CO)cc1O. The number of carbonyl (C=O) groups is 1. The molecule has 0 radical (unpaired) electrons. The zero-order valence-electron chi connectivity index (χ0n) is 29.3. The summed E-state index contributed by atoms with van der Waals surface area (Å²) in [7, 11) is 1.48. The van der Waals surface area contributed by atoms with Gasteiger partial charge >= 0.3 is 0 Å². The third-order valence-electron chi connectivity index (χ3n) is 13.8. The van der Waals surface area contributed by atoms with Gasteiger partial charge in [0.15, 0.2) is 23.0 Å². The minimum absolute atomic E-state index is 0.0601. The highest BCUT2D eigenvalue weighted by Gasteiger charge is 2.79. The number of hydrogen-bond donors (Lipinski definition) is 6. The number of benzene rings is 3. The molecule has 52 heavy (non-hydrogen) atoms. The molecular weight excluding hydrogens is 654 g/mol. The first-order chi connectivity index (χ1) is 25.1. The molecule has 3 aromatic rings. The Kier molecular flexibility index (Phi) is 7.51. The summed E-state index contributed by atoms with van der Waals surface area (Å²) in [6, 6.07) is 16.6. The molecule has 1 saturated heterocycles. The van der Waals surface area contributed by atoms with Crippen LogP contribution in [0.25, 0.3) is 6.08 Å². The van der Waals surface area contributed by atoms with Gasteiger partial charge in [-0.25, -0.2) is 0 Å². The van der Waals surface area contributed by atoms with E-state index in [4.69, 9.17) is 4.74 Å². The maximum atomic E-state index is 14.8. The molecule has 9 rings (SSSR count). The van der Waals surface area contributed by atoms with Gasteiger partial charge in [0.05, 0.1) is 19.3 Å². The van der Waals surface area contributed by atoms with Gasteiger partial charge in [-0.1, -0.05) is 72.9 Å². The van der Waals surface area contributed by atoms with Gasteiger partial charge in [0.25, 0.3) is 0 Å². The average molecular weight is 700 g/mol. The molecule has 3 aromatic carbocycles. The van der Waals surface area contributed by atoms with Crippen LogP contribution in [0.4, 0.5) is 0 Å². The highest BCUT2D eigenvalue weighted by Crippen LogP contribution is 2.76. The Hall–Kier alpha value is -4.55. The molecule has 8 heteroatoms. The topological polar surface area (TPSA) is 139 Å². The third kappa shape index (κ3) is 4.43. The molecule has 9 atom stereocenters. The van der Waals surface area contributed by atoms with Gasteiger partial charge < -0.3 is 35.6 Å². The van der Waals surface area contributed by atoms with Crippen molar-refractivity contribution in [3.05, 3.63) is 101 Å². The molecule has 1 spiro atoms. The molecule has 3 fully saturated rings. The molecule has 5 aliphatic carbocycles. The number of aliphatic hydroxyl groups is 2. The van der Waals surface area contributed by atoms with Crippen molar-refractivity contribution in [2.45, 2.75) is 74.0 Å². The molecule has 5 bridgehead atoms. The minimum Gasteiger partial charge on any atom is -0.504 e. The van der Waals surface area contributed by atoms with Crippen LogP contribution in [0.1, 0.15) is 72.3 Å². The Morgan fingerprint density at radius 2 is 1.79 bits per heavy atom. The Bertz CT molecular complexity index is 2100. The van der Waals surface area contributed by atoms with E-state index in [9.17, 15) is 30.3 Å². The number of rotatable bonds is 5. The largest absolute Gasteiger partial charge is 0.504 e. The fourth-order valence-corrected chi connectivity index (χ4v) is 12.1. The van der Waals surface area contributed by atoms with Crippen LogP contribution in [-0.4, -0.2) is 56.1 Å². The molecule has 0 amide bonds. The van der Waals surface area contributed by atoms with Crippen molar-refractivity contribution >= 4 is 11.9 Å². The van der Waals surface area contributed by atoms with Gasteiger partial charge in [-0.15, -0.1) is 0 Å². The summed E-state index contributed by atoms with van der Waals surface area (Å²) in [4.78, 5) is 14.8. The lowest BCUT2D eigenvalue weighted by molar-refractivity contribution is -0.218. The molecule has 8 nitrogen and oxygen atoms in total. The lowest BCUT2D eigenvalue weighted by Crippen LogP contribution is -2.85. The predicted molar refractivity (Wildman–Crippen MR) is 196 cm³/mol. The van der Waals surface area contributed by atoms with E-state index in [0.717, 1.165) is 36.0 Å². The number of phenols is 3. The smallest absolute Gasteiger partial charge is 0.160 e. The number of aromatic hydroxyl groups is 3. The molecule has 0 unspecified atom stereocenters. The van der Waals surface area contributed by atoms with Crippen LogP contribution < -0.4 is 10.1 Å². The predicted octanol–water partition coefficient (Wildman–Crippen LogP) is 5.64. The molecule has 0 aromatic heterocycles. The van der Waals surface area contributed by atoms with Crippen molar-refractivity contribution in [1.82, 2.24) is 5.32 Å². The van der Waals surface area contributed by atoms with Gasteiger partial charge in [-0.3, -0.25) is 4.79 Å². The monoisotopic (exact) mass is 699 g/mol. The Morgan fingerprint density at radius 1 is 0.981 bits per heavy atom. The minimum atomic E-state index is -1.42. The number of Topliss-reactive ketones (excluding diaryl/α,β-unsaturated/α-hetero) is 1. The van der Waals surface area contributed by atoms with Crippen LogP contribution in [0, 0.1) is 40.9 Å². The van der Waals surface area contributed by atoms with Crippen LogP contribution in [0.5, 0.6) is 23.0 Å². The van der Waals surface area contributed by atoms with E-state index in [-0.39, 0.29) is 66.0 Å². The van der Waals surface area contributed by atoms with E-state index < -0.39 is 33.8 Å². The molecule has 6 aliphatic rings. The summed E-state index contributed by atoms with van der Waals surface area (Å²) in [6.07, 6.45) is 12.6. The summed E-state index contributed by atoms with van der Waals surface area (Å²) in [5.41, 5.74) is 0.865. The molecule has 2 saturated carbocycles. The Labute approximate surface area is 303 Å². The number of ether oxygens (including phenoxy) is 1. The number of nitrogens with one attached hydrogen (secondary N) is 1. The number of allylic oxidation sites excluding steroid dienone is 2. The summed E-state index contributed by atoms with van der Waals surface area (Å²) in [5.74, 6) is 5.45. The fraction of sp³-hybridized carbons (Fsp3) is 0.432. The first kappa shape index (κ1) is 33.3. The summed E-state index contributed by atoms with van der Waals surface area (Å²) in [5, 5.41) is 60.3. The first-order valence-corrected chi connectivity index (χ1v) is 18.6. The maximum absolute atomic E-state index is 14.8. The van der Waals surface area contributed by atoms with Crippen LogP contribution in [0.15, 0.2) is 72.8 Å². The standard InChI is InChI=1S/C44H45NO7/c1-52-39-20-34(30(25-46)18-38(39)50)33-19-32(47)23-42(51)22-31-11-15-41-12-5-13-43(31)44(41,35-21-37(49)36(48)17-28(35)10-14-41)40(42)29(24-45-43)9-8-27(33)16-26-6-3-2-4-7-26/h2-4,6-7,10-11,14-15,17-18,20-21,27,29,31,33,40,45-46,48-51H,5,12-13,16,19,22-25H2,1H3/t27-,29+,31-,33-,40-,41-,42-,43+,44-/m0/s1. The van der Waals surface area contributed by atoms with Crippen molar-refractivity contribution < 1.29 is 35.1 Å². The number of ketones is 1. The average Bonchev–Trinajstić information content (AvgIpc) is 3.13. The number of hydrogen-bond acceptors (Lipinski definition) is 8. The van der Waals surface area contributed by atoms with Crippen LogP contribution in [0.2, 0.25) is 0 Å². The molecular formula is C44H45NO7. The number of methoxy groups -OCH3 is 1. The first-order valence-electron chi connectivity index (χ1n) is 18.6. The quantitative estimate of drug-likeness (QED) is 0.114. The maximum Gasteiger partial charge on any atom is 0.160 e. The second kappa shape index (κ2) is 11.7. The van der Waals surface area contributed by atoms with Crippen LogP contribution in [0.3, 0.4) is 0 Å². The molecule has 6 N–H and O–H groups in total. The summed E-state index contributed by atoms with van der Waals surface area (Å²) in [6.45, 7) is 0.203. The summed E-state index contributed by atoms with van der Waals surface area (Å²) < 4.78 is 5.51. The highest BCUT2D eigenvalue weighted by molar-refractivity contribution is 5.81. The third-order valence-corrected chi connectivity index (χ3v) is 13.8. The van der Waals surface area contributed by atoms with E-state index in [1.54, 1.807) is 18.2 Å². The number of aliphatic hydroxyl groups excluding tert-OH is 1.